The van der Waals surface area contributed by atoms with Crippen molar-refractivity contribution in [2.45, 2.75) is 48.9 Å². The summed E-state index contributed by atoms with van der Waals surface area (Å²) in [7, 11) is 0. The highest BCUT2D eigenvalue weighted by Gasteiger charge is 2.14. The zero-order valence-electron chi connectivity index (χ0n) is 8.98. The van der Waals surface area contributed by atoms with Crippen LogP contribution in [0.4, 0.5) is 0 Å². The number of aromatic nitrogens is 1. The van der Waals surface area contributed by atoms with Gasteiger partial charge in [-0.1, -0.05) is 19.3 Å². The van der Waals surface area contributed by atoms with Gasteiger partial charge < -0.3 is 5.73 Å². The van der Waals surface area contributed by atoms with E-state index < -0.39 is 0 Å². The molecule has 0 bridgehead atoms. The largest absolute Gasteiger partial charge is 0.326 e. The van der Waals surface area contributed by atoms with Crippen molar-refractivity contribution in [3.05, 3.63) is 23.9 Å². The van der Waals surface area contributed by atoms with Crippen molar-refractivity contribution in [1.29, 1.82) is 0 Å². The van der Waals surface area contributed by atoms with E-state index in [1.54, 1.807) is 0 Å². The molecule has 82 valence electrons. The summed E-state index contributed by atoms with van der Waals surface area (Å²) in [6.45, 7) is 0.612. The Morgan fingerprint density at radius 3 is 2.87 bits per heavy atom. The molecule has 3 heteroatoms. The summed E-state index contributed by atoms with van der Waals surface area (Å²) in [6, 6.07) is 4.12. The van der Waals surface area contributed by atoms with Gasteiger partial charge in [-0.2, -0.15) is 0 Å². The standard InChI is InChI=1S/C12H18N2S/c13-9-10-6-7-14-12(8-10)15-11-4-2-1-3-5-11/h6-8,11H,1-5,9,13H2. The van der Waals surface area contributed by atoms with E-state index >= 15 is 0 Å². The molecule has 0 atom stereocenters. The van der Waals surface area contributed by atoms with E-state index in [9.17, 15) is 0 Å². The first-order valence-corrected chi connectivity index (χ1v) is 6.58. The van der Waals surface area contributed by atoms with Crippen molar-refractivity contribution in [2.75, 3.05) is 0 Å². The first kappa shape index (κ1) is 11.0. The molecule has 1 aliphatic rings. The van der Waals surface area contributed by atoms with Crippen LogP contribution >= 0.6 is 11.8 Å². The minimum absolute atomic E-state index is 0.612. The van der Waals surface area contributed by atoms with Gasteiger partial charge in [0.05, 0.1) is 5.03 Å². The van der Waals surface area contributed by atoms with Crippen LogP contribution in [0.3, 0.4) is 0 Å². The summed E-state index contributed by atoms with van der Waals surface area (Å²) in [5, 5.41) is 1.92. The maximum atomic E-state index is 5.61. The summed E-state index contributed by atoms with van der Waals surface area (Å²) in [5.41, 5.74) is 6.80. The molecule has 1 heterocycles. The third-order valence-electron chi connectivity index (χ3n) is 2.87. The van der Waals surface area contributed by atoms with Crippen LogP contribution in [0.25, 0.3) is 0 Å². The molecule has 0 aromatic carbocycles. The van der Waals surface area contributed by atoms with Crippen molar-refractivity contribution < 1.29 is 0 Å². The second-order valence-electron chi connectivity index (χ2n) is 4.08. The summed E-state index contributed by atoms with van der Waals surface area (Å²) in [6.07, 6.45) is 8.74. The van der Waals surface area contributed by atoms with E-state index in [0.29, 0.717) is 6.54 Å². The molecule has 0 spiro atoms. The van der Waals surface area contributed by atoms with Crippen molar-refractivity contribution in [2.24, 2.45) is 5.73 Å². The highest BCUT2D eigenvalue weighted by atomic mass is 32.2. The second kappa shape index (κ2) is 5.52. The van der Waals surface area contributed by atoms with Crippen LogP contribution in [0.5, 0.6) is 0 Å². The number of thioether (sulfide) groups is 1. The average Bonchev–Trinajstić information content (AvgIpc) is 2.31. The molecule has 1 aliphatic carbocycles. The minimum atomic E-state index is 0.612. The fourth-order valence-electron chi connectivity index (χ4n) is 2.00. The SMILES string of the molecule is NCc1ccnc(SC2CCCCC2)c1. The highest BCUT2D eigenvalue weighted by Crippen LogP contribution is 2.32. The minimum Gasteiger partial charge on any atom is -0.326 e. The van der Waals surface area contributed by atoms with Crippen LogP contribution in [-0.2, 0) is 6.54 Å². The van der Waals surface area contributed by atoms with Gasteiger partial charge in [-0.3, -0.25) is 0 Å². The van der Waals surface area contributed by atoms with Gasteiger partial charge in [0.2, 0.25) is 0 Å². The van der Waals surface area contributed by atoms with Gasteiger partial charge in [0, 0.05) is 18.0 Å². The van der Waals surface area contributed by atoms with E-state index in [1.807, 2.05) is 24.0 Å². The number of nitrogens with zero attached hydrogens (tertiary/aromatic N) is 1. The summed E-state index contributed by atoms with van der Waals surface area (Å²) < 4.78 is 0. The number of hydrogen-bond acceptors (Lipinski definition) is 3. The van der Waals surface area contributed by atoms with Gasteiger partial charge in [0.15, 0.2) is 0 Å². The van der Waals surface area contributed by atoms with E-state index in [-0.39, 0.29) is 0 Å². The molecule has 0 saturated heterocycles. The molecular formula is C12H18N2S. The summed E-state index contributed by atoms with van der Waals surface area (Å²) >= 11 is 1.93. The maximum absolute atomic E-state index is 5.61. The smallest absolute Gasteiger partial charge is 0.0965 e. The number of hydrogen-bond donors (Lipinski definition) is 1. The number of pyridine rings is 1. The monoisotopic (exact) mass is 222 g/mol. The summed E-state index contributed by atoms with van der Waals surface area (Å²) in [4.78, 5) is 4.39. The molecule has 2 rings (SSSR count). The highest BCUT2D eigenvalue weighted by molar-refractivity contribution is 7.99. The maximum Gasteiger partial charge on any atom is 0.0965 e. The van der Waals surface area contributed by atoms with Crippen molar-refractivity contribution in [1.82, 2.24) is 4.98 Å². The Morgan fingerprint density at radius 2 is 2.13 bits per heavy atom. The third-order valence-corrected chi connectivity index (χ3v) is 4.14. The Morgan fingerprint density at radius 1 is 1.33 bits per heavy atom. The Hall–Kier alpha value is -0.540. The average molecular weight is 222 g/mol. The predicted octanol–water partition coefficient (Wildman–Crippen LogP) is 2.97. The summed E-state index contributed by atoms with van der Waals surface area (Å²) in [5.74, 6) is 0. The fourth-order valence-corrected chi connectivity index (χ4v) is 3.25. The molecule has 1 fully saturated rings. The lowest BCUT2D eigenvalue weighted by atomic mass is 10.0. The first-order valence-electron chi connectivity index (χ1n) is 5.70. The van der Waals surface area contributed by atoms with Crippen molar-refractivity contribution in [3.63, 3.8) is 0 Å². The molecule has 1 aromatic rings. The molecule has 2 nitrogen and oxygen atoms in total. The molecule has 0 radical (unpaired) electrons. The fraction of sp³-hybridized carbons (Fsp3) is 0.583. The van der Waals surface area contributed by atoms with E-state index in [4.69, 9.17) is 5.73 Å². The second-order valence-corrected chi connectivity index (χ2v) is 5.40. The molecule has 1 aromatic heterocycles. The van der Waals surface area contributed by atoms with Gasteiger partial charge >= 0.3 is 0 Å². The van der Waals surface area contributed by atoms with E-state index in [0.717, 1.165) is 10.3 Å². The van der Waals surface area contributed by atoms with Gasteiger partial charge in [-0.25, -0.2) is 4.98 Å². The van der Waals surface area contributed by atoms with Gasteiger partial charge in [0.25, 0.3) is 0 Å². The first-order chi connectivity index (χ1) is 7.38. The lowest BCUT2D eigenvalue weighted by Gasteiger charge is -2.20. The molecular weight excluding hydrogens is 204 g/mol. The zero-order valence-corrected chi connectivity index (χ0v) is 9.80. The molecule has 15 heavy (non-hydrogen) atoms. The van der Waals surface area contributed by atoms with Crippen molar-refractivity contribution >= 4 is 11.8 Å². The van der Waals surface area contributed by atoms with Crippen molar-refractivity contribution in [3.8, 4) is 0 Å². The molecule has 1 saturated carbocycles. The normalized spacial score (nSPS) is 17.9. The Bertz CT molecular complexity index is 308. The Balaban J connectivity index is 1.96. The van der Waals surface area contributed by atoms with Crippen LogP contribution in [0.1, 0.15) is 37.7 Å². The van der Waals surface area contributed by atoms with Crippen LogP contribution in [-0.4, -0.2) is 10.2 Å². The van der Waals surface area contributed by atoms with Gasteiger partial charge in [0.1, 0.15) is 0 Å². The number of nitrogens with two attached hydrogens (primary N) is 1. The molecule has 2 N–H and O–H groups in total. The lowest BCUT2D eigenvalue weighted by Crippen LogP contribution is -2.08. The van der Waals surface area contributed by atoms with Crippen LogP contribution < -0.4 is 5.73 Å². The molecule has 0 amide bonds. The third kappa shape index (κ3) is 3.21. The number of rotatable bonds is 3. The predicted molar refractivity (Wildman–Crippen MR) is 64.9 cm³/mol. The Labute approximate surface area is 95.7 Å². The molecule has 0 unspecified atom stereocenters. The van der Waals surface area contributed by atoms with Gasteiger partial charge in [-0.05, 0) is 30.5 Å². The van der Waals surface area contributed by atoms with E-state index in [1.165, 1.54) is 37.7 Å². The molecule has 0 aliphatic heterocycles. The zero-order chi connectivity index (χ0) is 10.5. The van der Waals surface area contributed by atoms with Crippen LogP contribution in [0, 0.1) is 0 Å². The topological polar surface area (TPSA) is 38.9 Å². The van der Waals surface area contributed by atoms with E-state index in [2.05, 4.69) is 11.1 Å². The van der Waals surface area contributed by atoms with Crippen LogP contribution in [0.15, 0.2) is 23.4 Å². The quantitative estimate of drug-likeness (QED) is 0.854. The lowest BCUT2D eigenvalue weighted by molar-refractivity contribution is 0.515. The van der Waals surface area contributed by atoms with Crippen LogP contribution in [0.2, 0.25) is 0 Å². The Kier molecular flexibility index (Phi) is 4.03. The van der Waals surface area contributed by atoms with Gasteiger partial charge in [-0.15, -0.1) is 11.8 Å².